The van der Waals surface area contributed by atoms with E-state index in [-0.39, 0.29) is 12.5 Å². The largest absolute Gasteiger partial charge is 0.497 e. The lowest BCUT2D eigenvalue weighted by atomic mass is 10.0. The van der Waals surface area contributed by atoms with Crippen LogP contribution in [0.15, 0.2) is 33.9 Å². The SMILES string of the molecule is COc1ccc(CN2CC[C@@]3(C2)Cn2c(nn(CC(C)C)c(=O)c2=O)CO3)cc1. The molecule has 1 aromatic heterocycles. The second-order valence-electron chi connectivity index (χ2n) is 8.47. The molecule has 156 valence electrons. The lowest BCUT2D eigenvalue weighted by Crippen LogP contribution is -2.53. The van der Waals surface area contributed by atoms with Crippen LogP contribution in [0.4, 0.5) is 0 Å². The van der Waals surface area contributed by atoms with Crippen molar-refractivity contribution >= 4 is 0 Å². The van der Waals surface area contributed by atoms with Gasteiger partial charge in [-0.25, -0.2) is 4.68 Å². The first-order chi connectivity index (χ1) is 13.9. The van der Waals surface area contributed by atoms with E-state index in [4.69, 9.17) is 9.47 Å². The molecule has 8 heteroatoms. The topological polar surface area (TPSA) is 78.6 Å². The molecule has 0 radical (unpaired) electrons. The number of hydrogen-bond donors (Lipinski definition) is 0. The van der Waals surface area contributed by atoms with E-state index in [9.17, 15) is 9.59 Å². The molecule has 1 spiro atoms. The van der Waals surface area contributed by atoms with Crippen molar-refractivity contribution in [2.75, 3.05) is 20.2 Å². The Balaban J connectivity index is 1.50. The summed E-state index contributed by atoms with van der Waals surface area (Å²) in [4.78, 5) is 27.5. The predicted octanol–water partition coefficient (Wildman–Crippen LogP) is 1.24. The molecule has 4 rings (SSSR count). The van der Waals surface area contributed by atoms with Crippen LogP contribution in [0.25, 0.3) is 0 Å². The van der Waals surface area contributed by atoms with Crippen molar-refractivity contribution in [3.8, 4) is 5.75 Å². The molecule has 29 heavy (non-hydrogen) atoms. The molecule has 0 bridgehead atoms. The summed E-state index contributed by atoms with van der Waals surface area (Å²) in [5.74, 6) is 1.61. The van der Waals surface area contributed by atoms with Gasteiger partial charge in [-0.2, -0.15) is 5.10 Å². The zero-order valence-electron chi connectivity index (χ0n) is 17.3. The molecular weight excluding hydrogens is 372 g/mol. The minimum atomic E-state index is -0.549. The molecule has 3 heterocycles. The molecule has 0 N–H and O–H groups in total. The lowest BCUT2D eigenvalue weighted by molar-refractivity contribution is -0.0859. The number of ether oxygens (including phenoxy) is 2. The van der Waals surface area contributed by atoms with Gasteiger partial charge in [0, 0.05) is 26.2 Å². The summed E-state index contributed by atoms with van der Waals surface area (Å²) >= 11 is 0. The Morgan fingerprint density at radius 1 is 1.17 bits per heavy atom. The van der Waals surface area contributed by atoms with E-state index in [1.54, 1.807) is 7.11 Å². The van der Waals surface area contributed by atoms with Crippen molar-refractivity contribution in [3.05, 3.63) is 56.4 Å². The van der Waals surface area contributed by atoms with Crippen molar-refractivity contribution in [2.24, 2.45) is 5.92 Å². The second kappa shape index (κ2) is 7.76. The second-order valence-corrected chi connectivity index (χ2v) is 8.47. The molecule has 1 aromatic carbocycles. The predicted molar refractivity (Wildman–Crippen MR) is 108 cm³/mol. The summed E-state index contributed by atoms with van der Waals surface area (Å²) in [5, 5.41) is 4.39. The molecule has 2 aliphatic heterocycles. The van der Waals surface area contributed by atoms with E-state index in [0.717, 1.165) is 31.8 Å². The van der Waals surface area contributed by atoms with Gasteiger partial charge in [0.15, 0.2) is 5.82 Å². The normalized spacial score (nSPS) is 21.7. The highest BCUT2D eigenvalue weighted by atomic mass is 16.5. The molecule has 8 nitrogen and oxygen atoms in total. The maximum absolute atomic E-state index is 12.7. The lowest BCUT2D eigenvalue weighted by Gasteiger charge is -2.35. The first-order valence-electron chi connectivity index (χ1n) is 10.1. The molecular formula is C21H28N4O4. The van der Waals surface area contributed by atoms with Gasteiger partial charge >= 0.3 is 11.1 Å². The van der Waals surface area contributed by atoms with Gasteiger partial charge < -0.3 is 9.47 Å². The van der Waals surface area contributed by atoms with Crippen LogP contribution in [0.5, 0.6) is 5.75 Å². The van der Waals surface area contributed by atoms with Crippen LogP contribution < -0.4 is 15.9 Å². The fraction of sp³-hybridized carbons (Fsp3) is 0.571. The van der Waals surface area contributed by atoms with Crippen LogP contribution in [0.2, 0.25) is 0 Å². The first-order valence-corrected chi connectivity index (χ1v) is 10.1. The minimum Gasteiger partial charge on any atom is -0.497 e. The van der Waals surface area contributed by atoms with Crippen LogP contribution in [-0.4, -0.2) is 45.0 Å². The van der Waals surface area contributed by atoms with E-state index < -0.39 is 16.7 Å². The first kappa shape index (κ1) is 19.8. The summed E-state index contributed by atoms with van der Waals surface area (Å²) in [6.45, 7) is 7.47. The fourth-order valence-corrected chi connectivity index (χ4v) is 4.17. The molecule has 2 aliphatic rings. The molecule has 0 unspecified atom stereocenters. The molecule has 1 atom stereocenters. The summed E-state index contributed by atoms with van der Waals surface area (Å²) in [7, 11) is 1.66. The van der Waals surface area contributed by atoms with Crippen molar-refractivity contribution in [1.29, 1.82) is 0 Å². The van der Waals surface area contributed by atoms with Crippen LogP contribution in [0, 0.1) is 5.92 Å². The number of benzene rings is 1. The molecule has 2 aromatic rings. The van der Waals surface area contributed by atoms with E-state index in [2.05, 4.69) is 22.1 Å². The number of nitrogens with zero attached hydrogens (tertiary/aromatic N) is 4. The van der Waals surface area contributed by atoms with E-state index in [1.165, 1.54) is 14.8 Å². The summed E-state index contributed by atoms with van der Waals surface area (Å²) in [6.07, 6.45) is 0.824. The summed E-state index contributed by atoms with van der Waals surface area (Å²) < 4.78 is 14.2. The van der Waals surface area contributed by atoms with Gasteiger partial charge in [0.1, 0.15) is 18.0 Å². The van der Waals surface area contributed by atoms with Crippen molar-refractivity contribution in [1.82, 2.24) is 19.2 Å². The number of hydrogen-bond acceptors (Lipinski definition) is 6. The third-order valence-corrected chi connectivity index (χ3v) is 5.66. The zero-order chi connectivity index (χ0) is 20.6. The number of methoxy groups -OCH3 is 1. The minimum absolute atomic E-state index is 0.236. The number of aromatic nitrogens is 3. The Bertz CT molecular complexity index is 995. The van der Waals surface area contributed by atoms with Crippen LogP contribution in [-0.2, 0) is 31.0 Å². The quantitative estimate of drug-likeness (QED) is 0.703. The van der Waals surface area contributed by atoms with Gasteiger partial charge in [-0.15, -0.1) is 0 Å². The summed E-state index contributed by atoms with van der Waals surface area (Å²) in [5.41, 5.74) is -0.282. The van der Waals surface area contributed by atoms with Gasteiger partial charge in [-0.3, -0.25) is 19.1 Å². The van der Waals surface area contributed by atoms with Gasteiger partial charge in [0.2, 0.25) is 0 Å². The number of likely N-dealkylation sites (tertiary alicyclic amines) is 1. The maximum atomic E-state index is 12.7. The standard InChI is InChI=1S/C21H28N4O4/c1-15(2)10-25-20(27)19(26)24-14-21(29-12-18(24)22-25)8-9-23(13-21)11-16-4-6-17(28-3)7-5-16/h4-7,15H,8-14H2,1-3H3/t21-/m1/s1. The van der Waals surface area contributed by atoms with Crippen LogP contribution in [0.1, 0.15) is 31.7 Å². The highest BCUT2D eigenvalue weighted by molar-refractivity contribution is 5.27. The van der Waals surface area contributed by atoms with Gasteiger partial charge in [-0.1, -0.05) is 26.0 Å². The van der Waals surface area contributed by atoms with E-state index in [0.29, 0.717) is 18.9 Å². The molecule has 1 saturated heterocycles. The Hall–Kier alpha value is -2.45. The van der Waals surface area contributed by atoms with Crippen molar-refractivity contribution in [2.45, 2.75) is 52.1 Å². The average molecular weight is 400 g/mol. The summed E-state index contributed by atoms with van der Waals surface area (Å²) in [6, 6.07) is 8.04. The Morgan fingerprint density at radius 3 is 2.62 bits per heavy atom. The Labute approximate surface area is 169 Å². The highest BCUT2D eigenvalue weighted by Crippen LogP contribution is 2.32. The van der Waals surface area contributed by atoms with Gasteiger partial charge in [0.25, 0.3) is 0 Å². The molecule has 0 saturated carbocycles. The number of rotatable bonds is 5. The smallest absolute Gasteiger partial charge is 0.332 e. The highest BCUT2D eigenvalue weighted by Gasteiger charge is 2.43. The number of fused-ring (bicyclic) bond motifs is 1. The van der Waals surface area contributed by atoms with E-state index in [1.807, 2.05) is 26.0 Å². The third-order valence-electron chi connectivity index (χ3n) is 5.66. The Morgan fingerprint density at radius 2 is 1.93 bits per heavy atom. The van der Waals surface area contributed by atoms with E-state index >= 15 is 0 Å². The fourth-order valence-electron chi connectivity index (χ4n) is 4.17. The average Bonchev–Trinajstić information content (AvgIpc) is 3.09. The van der Waals surface area contributed by atoms with Crippen molar-refractivity contribution < 1.29 is 9.47 Å². The zero-order valence-corrected chi connectivity index (χ0v) is 17.3. The molecule has 0 aliphatic carbocycles. The van der Waals surface area contributed by atoms with Crippen LogP contribution >= 0.6 is 0 Å². The van der Waals surface area contributed by atoms with Gasteiger partial charge in [-0.05, 0) is 30.0 Å². The third kappa shape index (κ3) is 4.00. The van der Waals surface area contributed by atoms with Gasteiger partial charge in [0.05, 0.1) is 13.7 Å². The molecule has 1 fully saturated rings. The van der Waals surface area contributed by atoms with Crippen LogP contribution in [0.3, 0.4) is 0 Å². The maximum Gasteiger partial charge on any atom is 0.332 e. The molecule has 0 amide bonds. The monoisotopic (exact) mass is 400 g/mol. The Kier molecular flexibility index (Phi) is 5.31. The van der Waals surface area contributed by atoms with Crippen molar-refractivity contribution in [3.63, 3.8) is 0 Å².